The summed E-state index contributed by atoms with van der Waals surface area (Å²) in [4.78, 5) is 26.5. The van der Waals surface area contributed by atoms with Crippen LogP contribution in [0.1, 0.15) is 15.4 Å². The van der Waals surface area contributed by atoms with Crippen LogP contribution in [0.4, 0.5) is 10.2 Å². The first-order valence-electron chi connectivity index (χ1n) is 8.39. The fourth-order valence-corrected chi connectivity index (χ4v) is 3.80. The van der Waals surface area contributed by atoms with Gasteiger partial charge in [-0.2, -0.15) is 0 Å². The number of nitrogens with zero attached hydrogens (tertiary/aromatic N) is 4. The summed E-state index contributed by atoms with van der Waals surface area (Å²) >= 11 is 1.24. The largest absolute Gasteiger partial charge is 0.371 e. The van der Waals surface area contributed by atoms with Crippen molar-refractivity contribution in [2.75, 3.05) is 18.9 Å². The topological polar surface area (TPSA) is 84.7 Å². The molecule has 27 heavy (non-hydrogen) atoms. The lowest BCUT2D eigenvalue weighted by atomic mass is 10.1. The predicted octanol–water partition coefficient (Wildman–Crippen LogP) is 2.73. The van der Waals surface area contributed by atoms with Crippen molar-refractivity contribution in [3.8, 4) is 0 Å². The number of imidazole rings is 1. The minimum absolute atomic E-state index is 0.268. The van der Waals surface area contributed by atoms with Crippen molar-refractivity contribution in [2.45, 2.75) is 6.42 Å². The average molecular weight is 384 g/mol. The molecule has 1 amide bonds. The molecule has 0 saturated carbocycles. The number of nitrogens with one attached hydrogen (secondary N) is 2. The summed E-state index contributed by atoms with van der Waals surface area (Å²) in [6.07, 6.45) is 2.24. The van der Waals surface area contributed by atoms with Crippen LogP contribution in [0.5, 0.6) is 0 Å². The SMILES string of the molecule is CNc1nc2sc(C(=O)NCCc3cccc(F)c3)nc2c2c1ncn2C. The number of carbonyl (C=O) groups is 1. The number of hydrogen-bond acceptors (Lipinski definition) is 6. The third-order valence-corrected chi connectivity index (χ3v) is 5.18. The number of fused-ring (bicyclic) bond motifs is 3. The Morgan fingerprint density at radius 3 is 2.93 bits per heavy atom. The monoisotopic (exact) mass is 384 g/mol. The zero-order valence-electron chi connectivity index (χ0n) is 14.8. The number of hydrogen-bond donors (Lipinski definition) is 2. The van der Waals surface area contributed by atoms with Crippen LogP contribution in [0.15, 0.2) is 30.6 Å². The van der Waals surface area contributed by atoms with Gasteiger partial charge in [-0.15, -0.1) is 0 Å². The number of carbonyl (C=O) groups excluding carboxylic acids is 1. The Hall–Kier alpha value is -3.07. The molecule has 0 aliphatic carbocycles. The van der Waals surface area contributed by atoms with Crippen LogP contribution in [-0.2, 0) is 13.5 Å². The Kier molecular flexibility index (Phi) is 4.44. The van der Waals surface area contributed by atoms with E-state index in [1.807, 2.05) is 17.7 Å². The number of rotatable bonds is 5. The molecular weight excluding hydrogens is 367 g/mol. The molecule has 0 bridgehead atoms. The summed E-state index contributed by atoms with van der Waals surface area (Å²) in [5.74, 6) is 0.104. The van der Waals surface area contributed by atoms with Crippen LogP contribution in [-0.4, -0.2) is 39.0 Å². The fraction of sp³-hybridized carbons (Fsp3) is 0.222. The van der Waals surface area contributed by atoms with Gasteiger partial charge in [0.2, 0.25) is 0 Å². The molecule has 2 N–H and O–H groups in total. The molecule has 138 valence electrons. The lowest BCUT2D eigenvalue weighted by molar-refractivity contribution is 0.0954. The molecule has 4 rings (SSSR count). The highest BCUT2D eigenvalue weighted by molar-refractivity contribution is 7.20. The van der Waals surface area contributed by atoms with E-state index >= 15 is 0 Å². The first-order chi connectivity index (χ1) is 13.1. The van der Waals surface area contributed by atoms with Gasteiger partial charge in [0, 0.05) is 20.6 Å². The molecule has 1 aromatic carbocycles. The Balaban J connectivity index is 1.57. The van der Waals surface area contributed by atoms with Gasteiger partial charge in [0.05, 0.1) is 6.33 Å². The molecule has 0 saturated heterocycles. The van der Waals surface area contributed by atoms with E-state index in [2.05, 4.69) is 25.6 Å². The Morgan fingerprint density at radius 1 is 1.30 bits per heavy atom. The zero-order chi connectivity index (χ0) is 19.0. The van der Waals surface area contributed by atoms with Crippen molar-refractivity contribution in [2.24, 2.45) is 7.05 Å². The maximum Gasteiger partial charge on any atom is 0.280 e. The van der Waals surface area contributed by atoms with Crippen LogP contribution in [0.2, 0.25) is 0 Å². The van der Waals surface area contributed by atoms with Gasteiger partial charge < -0.3 is 15.2 Å². The molecule has 0 spiro atoms. The van der Waals surface area contributed by atoms with Crippen molar-refractivity contribution in [1.29, 1.82) is 0 Å². The van der Waals surface area contributed by atoms with Crippen molar-refractivity contribution in [1.82, 2.24) is 24.8 Å². The number of anilines is 1. The zero-order valence-corrected chi connectivity index (χ0v) is 15.6. The maximum atomic E-state index is 13.2. The van der Waals surface area contributed by atoms with Gasteiger partial charge in [-0.05, 0) is 24.1 Å². The highest BCUT2D eigenvalue weighted by atomic mass is 32.1. The van der Waals surface area contributed by atoms with Gasteiger partial charge in [0.1, 0.15) is 27.2 Å². The van der Waals surface area contributed by atoms with Crippen molar-refractivity contribution < 1.29 is 9.18 Å². The Morgan fingerprint density at radius 2 is 2.15 bits per heavy atom. The standard InChI is InChI=1S/C18H17FN6OS/c1-20-15-12-14(25(2)9-22-12)13-17(24-15)27-18(23-13)16(26)21-7-6-10-4-3-5-11(19)8-10/h3-5,8-9H,6-7H2,1-2H3,(H,20,24)(H,21,26). The van der Waals surface area contributed by atoms with E-state index in [9.17, 15) is 9.18 Å². The summed E-state index contributed by atoms with van der Waals surface area (Å²) in [5, 5.41) is 6.21. The van der Waals surface area contributed by atoms with Gasteiger partial charge in [-0.25, -0.2) is 19.3 Å². The highest BCUT2D eigenvalue weighted by Gasteiger charge is 2.19. The van der Waals surface area contributed by atoms with E-state index in [1.165, 1.54) is 23.5 Å². The molecular formula is C18H17FN6OS. The minimum atomic E-state index is -0.281. The molecule has 3 aromatic heterocycles. The van der Waals surface area contributed by atoms with Gasteiger partial charge >= 0.3 is 0 Å². The summed E-state index contributed by atoms with van der Waals surface area (Å²) in [6.45, 7) is 0.397. The lowest BCUT2D eigenvalue weighted by Gasteiger charge is -2.03. The van der Waals surface area contributed by atoms with Crippen LogP contribution >= 0.6 is 11.3 Å². The molecule has 4 aromatic rings. The molecule has 0 fully saturated rings. The van der Waals surface area contributed by atoms with E-state index in [0.717, 1.165) is 16.6 Å². The molecule has 0 atom stereocenters. The normalized spacial score (nSPS) is 11.2. The van der Waals surface area contributed by atoms with Gasteiger partial charge in [0.25, 0.3) is 5.91 Å². The lowest BCUT2D eigenvalue weighted by Crippen LogP contribution is -2.25. The van der Waals surface area contributed by atoms with E-state index in [4.69, 9.17) is 0 Å². The molecule has 0 unspecified atom stereocenters. The number of halogens is 1. The summed E-state index contributed by atoms with van der Waals surface area (Å²) in [7, 11) is 3.66. The quantitative estimate of drug-likeness (QED) is 0.553. The van der Waals surface area contributed by atoms with Crippen molar-refractivity contribution in [3.05, 3.63) is 47.0 Å². The van der Waals surface area contributed by atoms with E-state index in [1.54, 1.807) is 19.4 Å². The number of pyridine rings is 1. The van der Waals surface area contributed by atoms with E-state index < -0.39 is 0 Å². The summed E-state index contributed by atoms with van der Waals surface area (Å²) in [6, 6.07) is 6.35. The molecule has 0 aliphatic heterocycles. The molecule has 0 radical (unpaired) electrons. The van der Waals surface area contributed by atoms with Crippen LogP contribution in [0.25, 0.3) is 21.4 Å². The van der Waals surface area contributed by atoms with Crippen molar-refractivity contribution in [3.63, 3.8) is 0 Å². The van der Waals surface area contributed by atoms with Gasteiger partial charge in [-0.1, -0.05) is 23.5 Å². The second-order valence-corrected chi connectivity index (χ2v) is 7.05. The molecule has 3 heterocycles. The number of aryl methyl sites for hydroxylation is 1. The first-order valence-corrected chi connectivity index (χ1v) is 9.20. The van der Waals surface area contributed by atoms with Gasteiger partial charge in [-0.3, -0.25) is 4.79 Å². The van der Waals surface area contributed by atoms with Crippen LogP contribution in [0, 0.1) is 5.82 Å². The summed E-state index contributed by atoms with van der Waals surface area (Å²) in [5.41, 5.74) is 3.04. The highest BCUT2D eigenvalue weighted by Crippen LogP contribution is 2.30. The minimum Gasteiger partial charge on any atom is -0.371 e. The number of benzene rings is 1. The number of aromatic nitrogens is 4. The third kappa shape index (κ3) is 3.21. The molecule has 7 nitrogen and oxygen atoms in total. The maximum absolute atomic E-state index is 13.2. The predicted molar refractivity (Wildman–Crippen MR) is 104 cm³/mol. The molecule has 0 aliphatic rings. The van der Waals surface area contributed by atoms with E-state index in [0.29, 0.717) is 34.1 Å². The number of thiazole rings is 1. The van der Waals surface area contributed by atoms with Crippen LogP contribution in [0.3, 0.4) is 0 Å². The summed E-state index contributed by atoms with van der Waals surface area (Å²) < 4.78 is 15.1. The number of amides is 1. The van der Waals surface area contributed by atoms with Crippen molar-refractivity contribution >= 4 is 44.4 Å². The molecule has 9 heteroatoms. The third-order valence-electron chi connectivity index (χ3n) is 4.23. The fourth-order valence-electron chi connectivity index (χ4n) is 2.94. The smallest absolute Gasteiger partial charge is 0.280 e. The van der Waals surface area contributed by atoms with Crippen LogP contribution < -0.4 is 10.6 Å². The first kappa shape index (κ1) is 17.3. The second-order valence-electron chi connectivity index (χ2n) is 6.07. The van der Waals surface area contributed by atoms with Gasteiger partial charge in [0.15, 0.2) is 10.8 Å². The Labute approximate surface area is 158 Å². The Bertz CT molecular complexity index is 1150. The average Bonchev–Trinajstić information content (AvgIpc) is 3.24. The van der Waals surface area contributed by atoms with E-state index in [-0.39, 0.29) is 11.7 Å². The second kappa shape index (κ2) is 6.92.